The molecule has 11 nitrogen and oxygen atoms in total. The van der Waals surface area contributed by atoms with Gasteiger partial charge >= 0.3 is 12.1 Å². The molecule has 2 aromatic heterocycles. The van der Waals surface area contributed by atoms with E-state index in [1.165, 1.54) is 27.3 Å². The van der Waals surface area contributed by atoms with Crippen LogP contribution >= 0.6 is 11.8 Å². The van der Waals surface area contributed by atoms with Gasteiger partial charge in [0.15, 0.2) is 5.60 Å². The van der Waals surface area contributed by atoms with E-state index in [4.69, 9.17) is 14.5 Å². The van der Waals surface area contributed by atoms with Gasteiger partial charge in [-0.15, -0.1) is 11.8 Å². The number of thioether (sulfide) groups is 1. The molecule has 0 spiro atoms. The average Bonchev–Trinajstić information content (AvgIpc) is 3.64. The molecule has 0 bridgehead atoms. The number of hydrogen-bond acceptors (Lipinski definition) is 9. The quantitative estimate of drug-likeness (QED) is 0.316. The second-order valence-electron chi connectivity index (χ2n) is 13.4. The van der Waals surface area contributed by atoms with E-state index < -0.39 is 46.7 Å². The van der Waals surface area contributed by atoms with Gasteiger partial charge in [-0.3, -0.25) is 14.5 Å². The predicted molar refractivity (Wildman–Crippen MR) is 168 cm³/mol. The van der Waals surface area contributed by atoms with Crippen LogP contribution < -0.4 is 10.9 Å². The number of rotatable bonds is 3. The Labute approximate surface area is 268 Å². The van der Waals surface area contributed by atoms with Gasteiger partial charge in [0.2, 0.25) is 5.91 Å². The second kappa shape index (κ2) is 10.5. The Morgan fingerprint density at radius 3 is 2.72 bits per heavy atom. The number of ether oxygens (including phenoxy) is 2. The molecule has 13 heteroatoms. The molecule has 3 aliphatic heterocycles. The number of benzene rings is 1. The fraction of sp³-hybridized carbons (Fsp3) is 0.485. The van der Waals surface area contributed by atoms with Crippen molar-refractivity contribution < 1.29 is 33.4 Å². The molecule has 5 heterocycles. The maximum atomic E-state index is 15.2. The number of aryl methyl sites for hydroxylation is 1. The summed E-state index contributed by atoms with van der Waals surface area (Å²) in [5.41, 5.74) is 1.29. The van der Waals surface area contributed by atoms with Crippen LogP contribution in [0, 0.1) is 12.7 Å². The van der Waals surface area contributed by atoms with E-state index in [1.807, 2.05) is 0 Å². The first-order chi connectivity index (χ1) is 21.7. The van der Waals surface area contributed by atoms with Crippen LogP contribution in [0.3, 0.4) is 0 Å². The lowest BCUT2D eigenvalue weighted by Crippen LogP contribution is -2.49. The molecule has 1 fully saturated rings. The topological polar surface area (TPSA) is 140 Å². The Balaban J connectivity index is 1.35. The molecule has 2 N–H and O–H groups in total. The maximum absolute atomic E-state index is 15.2. The zero-order chi connectivity index (χ0) is 32.9. The largest absolute Gasteiger partial charge is 0.458 e. The van der Waals surface area contributed by atoms with Gasteiger partial charge in [-0.25, -0.2) is 19.0 Å². The summed E-state index contributed by atoms with van der Waals surface area (Å²) in [5.74, 6) is -0.803. The van der Waals surface area contributed by atoms with E-state index in [0.29, 0.717) is 52.5 Å². The maximum Gasteiger partial charge on any atom is 0.411 e. The first-order valence-electron chi connectivity index (χ1n) is 15.4. The van der Waals surface area contributed by atoms with Crippen LogP contribution in [0.2, 0.25) is 0 Å². The van der Waals surface area contributed by atoms with Crippen molar-refractivity contribution in [1.82, 2.24) is 19.8 Å². The number of fused-ring (bicyclic) bond motifs is 5. The molecule has 46 heavy (non-hydrogen) atoms. The Morgan fingerprint density at radius 2 is 2.00 bits per heavy atom. The van der Waals surface area contributed by atoms with Crippen molar-refractivity contribution in [3.63, 3.8) is 0 Å². The summed E-state index contributed by atoms with van der Waals surface area (Å²) < 4.78 is 27.5. The Kier molecular flexibility index (Phi) is 7.02. The number of carbonyl (C=O) groups is 3. The van der Waals surface area contributed by atoms with Crippen molar-refractivity contribution >= 4 is 40.6 Å². The molecule has 3 atom stereocenters. The number of hydrogen-bond donors (Lipinski definition) is 2. The van der Waals surface area contributed by atoms with Crippen molar-refractivity contribution in [1.29, 1.82) is 0 Å². The summed E-state index contributed by atoms with van der Waals surface area (Å²) in [6.07, 6.45) is 0.420. The van der Waals surface area contributed by atoms with Crippen LogP contribution in [0.15, 0.2) is 16.9 Å². The lowest BCUT2D eigenvalue weighted by molar-refractivity contribution is -0.172. The molecule has 4 aliphatic rings. The Hall–Kier alpha value is -3.97. The van der Waals surface area contributed by atoms with E-state index in [-0.39, 0.29) is 36.6 Å². The second-order valence-corrected chi connectivity index (χ2v) is 14.4. The Bertz CT molecular complexity index is 1940. The minimum Gasteiger partial charge on any atom is -0.458 e. The van der Waals surface area contributed by atoms with Gasteiger partial charge in [0.25, 0.3) is 5.56 Å². The van der Waals surface area contributed by atoms with Crippen LogP contribution in [0.4, 0.5) is 9.18 Å². The molecular formula is C33H35FN4O7S. The van der Waals surface area contributed by atoms with Gasteiger partial charge in [0.1, 0.15) is 24.1 Å². The summed E-state index contributed by atoms with van der Waals surface area (Å²) in [4.78, 5) is 59.6. The number of amides is 2. The van der Waals surface area contributed by atoms with Gasteiger partial charge in [-0.1, -0.05) is 6.92 Å². The minimum atomic E-state index is -1.98. The van der Waals surface area contributed by atoms with Crippen LogP contribution in [0.5, 0.6) is 0 Å². The van der Waals surface area contributed by atoms with Crippen LogP contribution in [-0.4, -0.2) is 60.8 Å². The molecule has 242 valence electrons. The van der Waals surface area contributed by atoms with Crippen LogP contribution in [0.1, 0.15) is 80.0 Å². The van der Waals surface area contributed by atoms with E-state index in [9.17, 15) is 24.3 Å². The first kappa shape index (κ1) is 30.7. The fourth-order valence-corrected chi connectivity index (χ4v) is 8.27. The summed E-state index contributed by atoms with van der Waals surface area (Å²) >= 11 is 1.47. The third-order valence-corrected chi connectivity index (χ3v) is 10.5. The van der Waals surface area contributed by atoms with Crippen molar-refractivity contribution in [2.75, 3.05) is 11.6 Å². The lowest BCUT2D eigenvalue weighted by atomic mass is 9.81. The molecule has 1 saturated heterocycles. The van der Waals surface area contributed by atoms with Crippen molar-refractivity contribution in [3.8, 4) is 11.4 Å². The number of esters is 1. The zero-order valence-corrected chi connectivity index (χ0v) is 27.1. The number of nitrogens with zero attached hydrogens (tertiary/aromatic N) is 3. The number of pyridine rings is 2. The third kappa shape index (κ3) is 4.53. The molecule has 1 aromatic carbocycles. The molecule has 2 amide bonds. The number of aliphatic hydroxyl groups is 1. The molecule has 1 aliphatic carbocycles. The molecule has 7 rings (SSSR count). The average molecular weight is 651 g/mol. The Morgan fingerprint density at radius 1 is 1.24 bits per heavy atom. The summed E-state index contributed by atoms with van der Waals surface area (Å²) in [7, 11) is 0. The summed E-state index contributed by atoms with van der Waals surface area (Å²) in [6, 6.07) is 1.75. The lowest BCUT2D eigenvalue weighted by Gasteiger charge is -2.32. The van der Waals surface area contributed by atoms with Crippen molar-refractivity contribution in [2.24, 2.45) is 0 Å². The summed E-state index contributed by atoms with van der Waals surface area (Å²) in [5, 5.41) is 15.2. The number of carbonyl (C=O) groups excluding carboxylic acids is 3. The monoisotopic (exact) mass is 650 g/mol. The first-order valence-corrected chi connectivity index (χ1v) is 16.6. The van der Waals surface area contributed by atoms with Gasteiger partial charge in [0.05, 0.1) is 40.9 Å². The zero-order valence-electron chi connectivity index (χ0n) is 26.3. The standard InChI is InChI=1S/C33H35FN4O7S/c1-6-33(43)19-9-23-27-17(11-37(23)29(40)18(19)12-44-30(33)41)26-21(8-7-16-15(2)20(34)10-22(35-27)25(16)26)36-28(39)24-13-46-14-38(24)31(42)45-32(3,4)5/h9-10,21,24,43H,6-8,11-14H2,1-5H3,(H,36,39)/t21-,24-,33-/m0/s1. The van der Waals surface area contributed by atoms with Gasteiger partial charge < -0.3 is 24.5 Å². The number of halogens is 1. The highest BCUT2D eigenvalue weighted by Gasteiger charge is 2.46. The number of cyclic esters (lactones) is 1. The highest BCUT2D eigenvalue weighted by atomic mass is 32.2. The molecule has 0 unspecified atom stereocenters. The van der Waals surface area contributed by atoms with Crippen molar-refractivity contribution in [3.05, 3.63) is 61.7 Å². The van der Waals surface area contributed by atoms with E-state index >= 15 is 4.39 Å². The van der Waals surface area contributed by atoms with E-state index in [1.54, 1.807) is 40.7 Å². The summed E-state index contributed by atoms with van der Waals surface area (Å²) in [6.45, 7) is 8.57. The SMILES string of the molecule is CC[C@@]1(O)C(=O)OCc2c1cc1n(c2=O)Cc2c-1nc1cc(F)c(C)c3c1c2[C@@H](NC(=O)[C@@H]1CSCN1C(=O)OC(C)(C)C)CC3. The minimum absolute atomic E-state index is 0.00665. The normalized spacial score (nSPS) is 23.1. The predicted octanol–water partition coefficient (Wildman–Crippen LogP) is 3.94. The highest BCUT2D eigenvalue weighted by molar-refractivity contribution is 7.99. The number of nitrogens with one attached hydrogen (secondary N) is 1. The van der Waals surface area contributed by atoms with Crippen molar-refractivity contribution in [2.45, 2.75) is 90.3 Å². The van der Waals surface area contributed by atoms with E-state index in [2.05, 4.69) is 5.32 Å². The van der Waals surface area contributed by atoms with E-state index in [0.717, 1.165) is 16.5 Å². The van der Waals surface area contributed by atoms with Crippen LogP contribution in [0.25, 0.3) is 22.3 Å². The van der Waals surface area contributed by atoms with Gasteiger partial charge in [0, 0.05) is 28.3 Å². The fourth-order valence-electron chi connectivity index (χ4n) is 7.13. The molecule has 0 radical (unpaired) electrons. The molecular weight excluding hydrogens is 615 g/mol. The molecule has 3 aromatic rings. The highest BCUT2D eigenvalue weighted by Crippen LogP contribution is 2.46. The number of aromatic nitrogens is 2. The van der Waals surface area contributed by atoms with Crippen LogP contribution in [-0.2, 0) is 44.2 Å². The smallest absolute Gasteiger partial charge is 0.411 e. The van der Waals surface area contributed by atoms with Gasteiger partial charge in [-0.05, 0) is 69.7 Å². The third-order valence-electron chi connectivity index (χ3n) is 9.51. The van der Waals surface area contributed by atoms with Gasteiger partial charge in [-0.2, -0.15) is 0 Å². The molecule has 0 saturated carbocycles.